The fraction of sp³-hybridized carbons (Fsp3) is 0.938. The average Bonchev–Trinajstić information content (AvgIpc) is 2.37. The van der Waals surface area contributed by atoms with Crippen LogP contribution < -0.4 is 0 Å². The predicted octanol–water partition coefficient (Wildman–Crippen LogP) is 1.78. The standard InChI is InChI=1S/C16H31NO5/c1-11(2)21-10-13(18)8-12-9-17(7-6-14(12)19)15(20)22-16(3,4)5/h11-14,18-19H,6-10H2,1-5H3. The molecule has 0 aromatic carbocycles. The summed E-state index contributed by atoms with van der Waals surface area (Å²) in [7, 11) is 0. The van der Waals surface area contributed by atoms with Gasteiger partial charge in [0.1, 0.15) is 5.60 Å². The van der Waals surface area contributed by atoms with Gasteiger partial charge in [-0.3, -0.25) is 0 Å². The first-order valence-corrected chi connectivity index (χ1v) is 8.04. The SMILES string of the molecule is CC(C)OCC(O)CC1CN(C(=O)OC(C)(C)C)CCC1O. The van der Waals surface area contributed by atoms with Crippen LogP contribution in [0, 0.1) is 5.92 Å². The third-order valence-corrected chi connectivity index (χ3v) is 3.54. The Bertz CT molecular complexity index is 353. The largest absolute Gasteiger partial charge is 0.444 e. The molecule has 0 radical (unpaired) electrons. The number of likely N-dealkylation sites (tertiary alicyclic amines) is 1. The van der Waals surface area contributed by atoms with Crippen LogP contribution in [0.15, 0.2) is 0 Å². The van der Waals surface area contributed by atoms with Gasteiger partial charge in [-0.2, -0.15) is 0 Å². The summed E-state index contributed by atoms with van der Waals surface area (Å²) in [6, 6.07) is 0. The van der Waals surface area contributed by atoms with E-state index >= 15 is 0 Å². The molecule has 2 N–H and O–H groups in total. The van der Waals surface area contributed by atoms with Gasteiger partial charge in [-0.15, -0.1) is 0 Å². The Labute approximate surface area is 133 Å². The Hall–Kier alpha value is -0.850. The van der Waals surface area contributed by atoms with Crippen LogP contribution >= 0.6 is 0 Å². The zero-order valence-corrected chi connectivity index (χ0v) is 14.4. The maximum absolute atomic E-state index is 12.1. The van der Waals surface area contributed by atoms with Crippen LogP contribution in [0.3, 0.4) is 0 Å². The first-order valence-electron chi connectivity index (χ1n) is 8.04. The summed E-state index contributed by atoms with van der Waals surface area (Å²) in [5.74, 6) is -0.160. The quantitative estimate of drug-likeness (QED) is 0.808. The zero-order chi connectivity index (χ0) is 16.9. The van der Waals surface area contributed by atoms with Gasteiger partial charge in [-0.05, 0) is 47.5 Å². The highest BCUT2D eigenvalue weighted by Crippen LogP contribution is 2.23. The van der Waals surface area contributed by atoms with Crippen molar-refractivity contribution in [2.75, 3.05) is 19.7 Å². The molecule has 6 nitrogen and oxygen atoms in total. The Morgan fingerprint density at radius 2 is 2.00 bits per heavy atom. The van der Waals surface area contributed by atoms with Gasteiger partial charge in [-0.25, -0.2) is 4.79 Å². The second kappa shape index (κ2) is 8.13. The van der Waals surface area contributed by atoms with Crippen LogP contribution in [0.1, 0.15) is 47.5 Å². The van der Waals surface area contributed by atoms with Crippen LogP contribution in [-0.4, -0.2) is 64.8 Å². The van der Waals surface area contributed by atoms with Crippen molar-refractivity contribution in [3.63, 3.8) is 0 Å². The van der Waals surface area contributed by atoms with Crippen molar-refractivity contribution < 1.29 is 24.5 Å². The number of aliphatic hydroxyl groups is 2. The van der Waals surface area contributed by atoms with E-state index in [1.165, 1.54) is 0 Å². The molecule has 130 valence electrons. The normalized spacial score (nSPS) is 24.5. The second-order valence-electron chi connectivity index (χ2n) is 7.31. The third-order valence-electron chi connectivity index (χ3n) is 3.54. The maximum atomic E-state index is 12.1. The van der Waals surface area contributed by atoms with E-state index in [0.717, 1.165) is 0 Å². The molecule has 1 heterocycles. The van der Waals surface area contributed by atoms with Crippen molar-refractivity contribution >= 4 is 6.09 Å². The Balaban J connectivity index is 2.51. The van der Waals surface area contributed by atoms with E-state index in [4.69, 9.17) is 9.47 Å². The van der Waals surface area contributed by atoms with E-state index in [9.17, 15) is 15.0 Å². The van der Waals surface area contributed by atoms with E-state index in [0.29, 0.717) is 25.9 Å². The van der Waals surface area contributed by atoms with Gasteiger partial charge >= 0.3 is 6.09 Å². The molecule has 0 aromatic rings. The molecular formula is C16H31NO5. The van der Waals surface area contributed by atoms with E-state index in [1.807, 2.05) is 34.6 Å². The molecule has 0 saturated carbocycles. The molecule has 0 bridgehead atoms. The van der Waals surface area contributed by atoms with Gasteiger partial charge in [0.25, 0.3) is 0 Å². The number of carbonyl (C=O) groups is 1. The lowest BCUT2D eigenvalue weighted by Crippen LogP contribution is -2.48. The summed E-state index contributed by atoms with van der Waals surface area (Å²) >= 11 is 0. The third kappa shape index (κ3) is 6.94. The number of piperidine rings is 1. The monoisotopic (exact) mass is 317 g/mol. The molecule has 1 amide bonds. The van der Waals surface area contributed by atoms with Gasteiger partial charge in [0.2, 0.25) is 0 Å². The number of hydrogen-bond donors (Lipinski definition) is 2. The van der Waals surface area contributed by atoms with Gasteiger partial charge in [0.15, 0.2) is 0 Å². The molecule has 0 aromatic heterocycles. The fourth-order valence-corrected chi connectivity index (χ4v) is 2.46. The molecule has 1 aliphatic rings. The molecular weight excluding hydrogens is 286 g/mol. The summed E-state index contributed by atoms with van der Waals surface area (Å²) in [5.41, 5.74) is -0.534. The van der Waals surface area contributed by atoms with Crippen molar-refractivity contribution in [2.24, 2.45) is 5.92 Å². The number of aliphatic hydroxyl groups excluding tert-OH is 2. The van der Waals surface area contributed by atoms with E-state index in [2.05, 4.69) is 0 Å². The van der Waals surface area contributed by atoms with Crippen molar-refractivity contribution in [2.45, 2.75) is 71.4 Å². The molecule has 0 spiro atoms. The highest BCUT2D eigenvalue weighted by Gasteiger charge is 2.33. The number of nitrogens with zero attached hydrogens (tertiary/aromatic N) is 1. The zero-order valence-electron chi connectivity index (χ0n) is 14.4. The average molecular weight is 317 g/mol. The molecule has 1 fully saturated rings. The molecule has 1 saturated heterocycles. The maximum Gasteiger partial charge on any atom is 0.410 e. The minimum Gasteiger partial charge on any atom is -0.444 e. The minimum atomic E-state index is -0.638. The second-order valence-corrected chi connectivity index (χ2v) is 7.31. The van der Waals surface area contributed by atoms with Crippen LogP contribution in [0.2, 0.25) is 0 Å². The topological polar surface area (TPSA) is 79.2 Å². The first kappa shape index (κ1) is 19.2. The van der Waals surface area contributed by atoms with Crippen LogP contribution in [0.4, 0.5) is 4.79 Å². The molecule has 22 heavy (non-hydrogen) atoms. The minimum absolute atomic E-state index is 0.0594. The molecule has 3 atom stereocenters. The number of rotatable bonds is 5. The molecule has 3 unspecified atom stereocenters. The lowest BCUT2D eigenvalue weighted by molar-refractivity contribution is -0.0397. The van der Waals surface area contributed by atoms with E-state index < -0.39 is 17.8 Å². The highest BCUT2D eigenvalue weighted by molar-refractivity contribution is 5.68. The fourth-order valence-electron chi connectivity index (χ4n) is 2.46. The van der Waals surface area contributed by atoms with Gasteiger partial charge < -0.3 is 24.6 Å². The van der Waals surface area contributed by atoms with Gasteiger partial charge in [0, 0.05) is 19.0 Å². The summed E-state index contributed by atoms with van der Waals surface area (Å²) in [4.78, 5) is 13.7. The Morgan fingerprint density at radius 1 is 1.36 bits per heavy atom. The highest BCUT2D eigenvalue weighted by atomic mass is 16.6. The number of ether oxygens (including phenoxy) is 2. The summed E-state index contributed by atoms with van der Waals surface area (Å²) in [6.45, 7) is 10.4. The number of carbonyl (C=O) groups excluding carboxylic acids is 1. The predicted molar refractivity (Wildman–Crippen MR) is 83.6 cm³/mol. The molecule has 1 rings (SSSR count). The smallest absolute Gasteiger partial charge is 0.410 e. The van der Waals surface area contributed by atoms with Crippen molar-refractivity contribution in [1.29, 1.82) is 0 Å². The van der Waals surface area contributed by atoms with Crippen molar-refractivity contribution in [3.05, 3.63) is 0 Å². The van der Waals surface area contributed by atoms with Crippen molar-refractivity contribution in [1.82, 2.24) is 4.90 Å². The lowest BCUT2D eigenvalue weighted by atomic mass is 9.90. The summed E-state index contributed by atoms with van der Waals surface area (Å²) in [5, 5.41) is 20.1. The van der Waals surface area contributed by atoms with Gasteiger partial charge in [-0.1, -0.05) is 0 Å². The van der Waals surface area contributed by atoms with E-state index in [-0.39, 0.29) is 24.7 Å². The lowest BCUT2D eigenvalue weighted by Gasteiger charge is -2.37. The molecule has 1 aliphatic heterocycles. The number of amides is 1. The first-order chi connectivity index (χ1) is 10.1. The Morgan fingerprint density at radius 3 is 2.55 bits per heavy atom. The van der Waals surface area contributed by atoms with Crippen LogP contribution in [0.5, 0.6) is 0 Å². The number of hydrogen-bond acceptors (Lipinski definition) is 5. The molecule has 6 heteroatoms. The van der Waals surface area contributed by atoms with Gasteiger partial charge in [0.05, 0.1) is 24.9 Å². The summed E-state index contributed by atoms with van der Waals surface area (Å²) < 4.78 is 10.7. The van der Waals surface area contributed by atoms with Crippen molar-refractivity contribution in [3.8, 4) is 0 Å². The van der Waals surface area contributed by atoms with Crippen LogP contribution in [-0.2, 0) is 9.47 Å². The molecule has 0 aliphatic carbocycles. The summed E-state index contributed by atoms with van der Waals surface area (Å²) in [6.07, 6.45) is -0.538. The Kier molecular flexibility index (Phi) is 7.09. The van der Waals surface area contributed by atoms with E-state index in [1.54, 1.807) is 4.90 Å². The van der Waals surface area contributed by atoms with Crippen LogP contribution in [0.25, 0.3) is 0 Å².